The third-order valence-electron chi connectivity index (χ3n) is 3.35. The molecule has 0 spiro atoms. The predicted octanol–water partition coefficient (Wildman–Crippen LogP) is 2.63. The second kappa shape index (κ2) is 8.57. The summed E-state index contributed by atoms with van der Waals surface area (Å²) in [6, 6.07) is 7.46. The van der Waals surface area contributed by atoms with E-state index in [0.29, 0.717) is 30.2 Å². The molecule has 0 bridgehead atoms. The molecule has 0 aliphatic rings. The molecule has 0 radical (unpaired) electrons. The van der Waals surface area contributed by atoms with E-state index >= 15 is 0 Å². The number of carbonyl (C=O) groups is 1. The zero-order valence-corrected chi connectivity index (χ0v) is 13.8. The van der Waals surface area contributed by atoms with Crippen molar-refractivity contribution >= 4 is 11.6 Å². The molecule has 126 valence electrons. The van der Waals surface area contributed by atoms with Gasteiger partial charge in [-0.3, -0.25) is 9.78 Å². The van der Waals surface area contributed by atoms with Gasteiger partial charge in [-0.2, -0.15) is 0 Å². The van der Waals surface area contributed by atoms with Crippen LogP contribution in [0.5, 0.6) is 11.5 Å². The second-order valence-corrected chi connectivity index (χ2v) is 5.00. The van der Waals surface area contributed by atoms with Crippen LogP contribution in [0.3, 0.4) is 0 Å². The number of methoxy groups -OCH3 is 2. The lowest BCUT2D eigenvalue weighted by Gasteiger charge is -2.11. The van der Waals surface area contributed by atoms with Crippen molar-refractivity contribution in [2.24, 2.45) is 0 Å². The van der Waals surface area contributed by atoms with E-state index in [4.69, 9.17) is 9.47 Å². The first kappa shape index (κ1) is 17.3. The van der Waals surface area contributed by atoms with E-state index in [-0.39, 0.29) is 5.91 Å². The molecule has 0 aliphatic heterocycles. The molecule has 0 saturated carbocycles. The van der Waals surface area contributed by atoms with Crippen LogP contribution in [-0.2, 0) is 6.54 Å². The van der Waals surface area contributed by atoms with Crippen molar-refractivity contribution in [2.75, 3.05) is 26.1 Å². The Hall–Kier alpha value is -3.02. The molecule has 1 aromatic heterocycles. The number of amides is 1. The SMILES string of the molecule is C=CCNC(=O)c1cncc(NCc2ccc(OC)c(OC)c2)c1. The van der Waals surface area contributed by atoms with Gasteiger partial charge in [0.1, 0.15) is 0 Å². The number of hydrogen-bond acceptors (Lipinski definition) is 5. The van der Waals surface area contributed by atoms with Crippen LogP contribution in [0, 0.1) is 0 Å². The monoisotopic (exact) mass is 327 g/mol. The van der Waals surface area contributed by atoms with Crippen molar-refractivity contribution in [3.8, 4) is 11.5 Å². The van der Waals surface area contributed by atoms with Gasteiger partial charge in [0.2, 0.25) is 0 Å². The van der Waals surface area contributed by atoms with Gasteiger partial charge in [-0.15, -0.1) is 6.58 Å². The normalized spacial score (nSPS) is 9.92. The van der Waals surface area contributed by atoms with Crippen molar-refractivity contribution in [1.29, 1.82) is 0 Å². The van der Waals surface area contributed by atoms with Crippen LogP contribution in [0.15, 0.2) is 49.3 Å². The Morgan fingerprint density at radius 3 is 2.71 bits per heavy atom. The second-order valence-electron chi connectivity index (χ2n) is 5.00. The maximum atomic E-state index is 11.9. The zero-order valence-electron chi connectivity index (χ0n) is 13.8. The number of nitrogens with zero attached hydrogens (tertiary/aromatic N) is 1. The highest BCUT2D eigenvalue weighted by Gasteiger charge is 2.07. The number of carbonyl (C=O) groups excluding carboxylic acids is 1. The summed E-state index contributed by atoms with van der Waals surface area (Å²) in [7, 11) is 3.20. The number of ether oxygens (including phenoxy) is 2. The number of hydrogen-bond donors (Lipinski definition) is 2. The molecule has 0 fully saturated rings. The van der Waals surface area contributed by atoms with E-state index in [2.05, 4.69) is 22.2 Å². The molecule has 0 atom stereocenters. The largest absolute Gasteiger partial charge is 0.493 e. The molecule has 0 saturated heterocycles. The maximum absolute atomic E-state index is 11.9. The van der Waals surface area contributed by atoms with Crippen LogP contribution in [0.2, 0.25) is 0 Å². The Morgan fingerprint density at radius 1 is 1.21 bits per heavy atom. The van der Waals surface area contributed by atoms with Crippen molar-refractivity contribution in [3.63, 3.8) is 0 Å². The van der Waals surface area contributed by atoms with Gasteiger partial charge in [-0.05, 0) is 23.8 Å². The van der Waals surface area contributed by atoms with Crippen LogP contribution in [0.1, 0.15) is 15.9 Å². The van der Waals surface area contributed by atoms with Gasteiger partial charge >= 0.3 is 0 Å². The molecule has 0 aliphatic carbocycles. The first-order chi connectivity index (χ1) is 11.7. The summed E-state index contributed by atoms with van der Waals surface area (Å²) < 4.78 is 10.5. The van der Waals surface area contributed by atoms with Crippen LogP contribution >= 0.6 is 0 Å². The molecule has 0 unspecified atom stereocenters. The molecule has 6 heteroatoms. The molecular formula is C18H21N3O3. The van der Waals surface area contributed by atoms with Crippen LogP contribution in [-0.4, -0.2) is 31.7 Å². The average Bonchev–Trinajstić information content (AvgIpc) is 2.64. The Labute approximate surface area is 141 Å². The van der Waals surface area contributed by atoms with E-state index in [1.165, 1.54) is 6.20 Å². The number of rotatable bonds is 8. The molecule has 2 rings (SSSR count). The molecule has 1 aromatic carbocycles. The maximum Gasteiger partial charge on any atom is 0.253 e. The fraction of sp³-hybridized carbons (Fsp3) is 0.222. The van der Waals surface area contributed by atoms with Crippen LogP contribution in [0.4, 0.5) is 5.69 Å². The molecular weight excluding hydrogens is 306 g/mol. The van der Waals surface area contributed by atoms with Gasteiger partial charge in [0.15, 0.2) is 11.5 Å². The lowest BCUT2D eigenvalue weighted by Crippen LogP contribution is -2.23. The smallest absolute Gasteiger partial charge is 0.253 e. The van der Waals surface area contributed by atoms with Gasteiger partial charge in [0, 0.05) is 25.5 Å². The standard InChI is InChI=1S/C18H21N3O3/c1-4-7-20-18(22)14-9-15(12-19-11-14)21-10-13-5-6-16(23-2)17(8-13)24-3/h4-6,8-9,11-12,21H,1,7,10H2,2-3H3,(H,20,22). The number of pyridine rings is 1. The van der Waals surface area contributed by atoms with Gasteiger partial charge in [0.25, 0.3) is 5.91 Å². The first-order valence-corrected chi connectivity index (χ1v) is 7.47. The molecule has 6 nitrogen and oxygen atoms in total. The fourth-order valence-electron chi connectivity index (χ4n) is 2.12. The first-order valence-electron chi connectivity index (χ1n) is 7.47. The Morgan fingerprint density at radius 2 is 2.00 bits per heavy atom. The van der Waals surface area contributed by atoms with Gasteiger partial charge < -0.3 is 20.1 Å². The summed E-state index contributed by atoms with van der Waals surface area (Å²) in [5.41, 5.74) is 2.28. The van der Waals surface area contributed by atoms with Gasteiger partial charge in [-0.25, -0.2) is 0 Å². The number of benzene rings is 1. The molecule has 2 aromatic rings. The summed E-state index contributed by atoms with van der Waals surface area (Å²) in [5, 5.41) is 5.96. The van der Waals surface area contributed by atoms with Crippen molar-refractivity contribution < 1.29 is 14.3 Å². The quantitative estimate of drug-likeness (QED) is 0.729. The van der Waals surface area contributed by atoms with E-state index in [9.17, 15) is 4.79 Å². The van der Waals surface area contributed by atoms with E-state index < -0.39 is 0 Å². The van der Waals surface area contributed by atoms with Gasteiger partial charge in [0.05, 0.1) is 25.5 Å². The molecule has 2 N–H and O–H groups in total. The average molecular weight is 327 g/mol. The molecule has 1 heterocycles. The van der Waals surface area contributed by atoms with Gasteiger partial charge in [-0.1, -0.05) is 12.1 Å². The highest BCUT2D eigenvalue weighted by Crippen LogP contribution is 2.27. The summed E-state index contributed by atoms with van der Waals surface area (Å²) >= 11 is 0. The minimum Gasteiger partial charge on any atom is -0.493 e. The third kappa shape index (κ3) is 4.49. The number of nitrogens with one attached hydrogen (secondary N) is 2. The van der Waals surface area contributed by atoms with E-state index in [1.807, 2.05) is 18.2 Å². The Kier molecular flexibility index (Phi) is 6.19. The number of aromatic nitrogens is 1. The van der Waals surface area contributed by atoms with Crippen LogP contribution < -0.4 is 20.1 Å². The van der Waals surface area contributed by atoms with E-state index in [0.717, 1.165) is 11.3 Å². The predicted molar refractivity (Wildman–Crippen MR) is 93.6 cm³/mol. The minimum absolute atomic E-state index is 0.183. The highest BCUT2D eigenvalue weighted by atomic mass is 16.5. The zero-order chi connectivity index (χ0) is 17.4. The summed E-state index contributed by atoms with van der Waals surface area (Å²) in [6.07, 6.45) is 4.83. The lowest BCUT2D eigenvalue weighted by molar-refractivity contribution is 0.0957. The van der Waals surface area contributed by atoms with Crippen molar-refractivity contribution in [3.05, 3.63) is 60.4 Å². The topological polar surface area (TPSA) is 72.5 Å². The summed E-state index contributed by atoms with van der Waals surface area (Å²) in [5.74, 6) is 1.17. The van der Waals surface area contributed by atoms with Crippen molar-refractivity contribution in [1.82, 2.24) is 10.3 Å². The Balaban J connectivity index is 2.04. The molecule has 1 amide bonds. The van der Waals surface area contributed by atoms with Crippen molar-refractivity contribution in [2.45, 2.75) is 6.54 Å². The third-order valence-corrected chi connectivity index (χ3v) is 3.35. The summed E-state index contributed by atoms with van der Waals surface area (Å²) in [4.78, 5) is 16.0. The molecule has 24 heavy (non-hydrogen) atoms. The van der Waals surface area contributed by atoms with Crippen LogP contribution in [0.25, 0.3) is 0 Å². The minimum atomic E-state index is -0.183. The number of anilines is 1. The Bertz CT molecular complexity index is 716. The summed E-state index contributed by atoms with van der Waals surface area (Å²) in [6.45, 7) is 4.56. The lowest BCUT2D eigenvalue weighted by atomic mass is 10.2. The van der Waals surface area contributed by atoms with E-state index in [1.54, 1.807) is 32.6 Å². The fourth-order valence-corrected chi connectivity index (χ4v) is 2.12. The highest BCUT2D eigenvalue weighted by molar-refractivity contribution is 5.94.